The summed E-state index contributed by atoms with van der Waals surface area (Å²) in [5.74, 6) is 1.43. The van der Waals surface area contributed by atoms with Gasteiger partial charge in [0.25, 0.3) is 0 Å². The molecule has 2 atom stereocenters. The van der Waals surface area contributed by atoms with Crippen molar-refractivity contribution < 1.29 is 4.74 Å². The second-order valence-electron chi connectivity index (χ2n) is 5.92. The molecule has 0 aromatic heterocycles. The lowest BCUT2D eigenvalue weighted by Crippen LogP contribution is -2.27. The fraction of sp³-hybridized carbons (Fsp3) is 0.333. The van der Waals surface area contributed by atoms with Crippen molar-refractivity contribution in [2.75, 3.05) is 20.6 Å². The van der Waals surface area contributed by atoms with Crippen LogP contribution in [0.15, 0.2) is 53.0 Å². The summed E-state index contributed by atoms with van der Waals surface area (Å²) in [6.45, 7) is 1.04. The zero-order valence-corrected chi connectivity index (χ0v) is 14.0. The number of hydrogen-bond donors (Lipinski definition) is 0. The van der Waals surface area contributed by atoms with Gasteiger partial charge in [0.15, 0.2) is 0 Å². The van der Waals surface area contributed by atoms with Crippen LogP contribution in [0.4, 0.5) is 0 Å². The molecule has 2 aromatic rings. The first-order valence-corrected chi connectivity index (χ1v) is 8.07. The molecule has 0 aliphatic heterocycles. The molecule has 0 amide bonds. The van der Waals surface area contributed by atoms with Gasteiger partial charge >= 0.3 is 0 Å². The molecule has 1 aliphatic rings. The predicted molar refractivity (Wildman–Crippen MR) is 89.7 cm³/mol. The average Bonchev–Trinajstić information content (AvgIpc) is 2.78. The van der Waals surface area contributed by atoms with Crippen molar-refractivity contribution in [1.82, 2.24) is 4.90 Å². The summed E-state index contributed by atoms with van der Waals surface area (Å²) < 4.78 is 7.40. The number of nitrogens with zero attached hydrogens (tertiary/aromatic N) is 1. The Morgan fingerprint density at radius 2 is 1.81 bits per heavy atom. The number of rotatable bonds is 4. The zero-order chi connectivity index (χ0) is 14.8. The van der Waals surface area contributed by atoms with Crippen molar-refractivity contribution >= 4 is 15.9 Å². The van der Waals surface area contributed by atoms with Gasteiger partial charge in [0.05, 0.1) is 0 Å². The highest BCUT2D eigenvalue weighted by Crippen LogP contribution is 2.39. The monoisotopic (exact) mass is 345 g/mol. The zero-order valence-electron chi connectivity index (χ0n) is 12.4. The Kier molecular flexibility index (Phi) is 4.32. The van der Waals surface area contributed by atoms with Crippen LogP contribution in [0.1, 0.15) is 17.2 Å². The van der Waals surface area contributed by atoms with Gasteiger partial charge in [-0.25, -0.2) is 0 Å². The van der Waals surface area contributed by atoms with E-state index in [4.69, 9.17) is 4.74 Å². The Bertz CT molecular complexity index is 609. The molecule has 110 valence electrons. The Morgan fingerprint density at radius 3 is 2.52 bits per heavy atom. The molecule has 0 heterocycles. The van der Waals surface area contributed by atoms with Crippen LogP contribution in [0.3, 0.4) is 0 Å². The highest BCUT2D eigenvalue weighted by Gasteiger charge is 2.34. The van der Waals surface area contributed by atoms with Gasteiger partial charge in [-0.15, -0.1) is 0 Å². The minimum atomic E-state index is 0.143. The fourth-order valence-electron chi connectivity index (χ4n) is 3.09. The van der Waals surface area contributed by atoms with Crippen molar-refractivity contribution in [3.8, 4) is 5.75 Å². The molecular weight excluding hydrogens is 326 g/mol. The molecule has 0 fully saturated rings. The van der Waals surface area contributed by atoms with Crippen LogP contribution in [0, 0.1) is 5.92 Å². The van der Waals surface area contributed by atoms with Crippen LogP contribution < -0.4 is 4.74 Å². The van der Waals surface area contributed by atoms with E-state index in [0.717, 1.165) is 23.2 Å². The van der Waals surface area contributed by atoms with E-state index in [-0.39, 0.29) is 6.10 Å². The number of hydrogen-bond acceptors (Lipinski definition) is 2. The fourth-order valence-corrected chi connectivity index (χ4v) is 3.35. The van der Waals surface area contributed by atoms with Crippen LogP contribution in [-0.4, -0.2) is 25.5 Å². The maximum atomic E-state index is 6.32. The minimum absolute atomic E-state index is 0.143. The lowest BCUT2D eigenvalue weighted by molar-refractivity contribution is 0.128. The summed E-state index contributed by atoms with van der Waals surface area (Å²) in [7, 11) is 4.25. The highest BCUT2D eigenvalue weighted by molar-refractivity contribution is 9.10. The second-order valence-corrected chi connectivity index (χ2v) is 6.83. The molecule has 2 aromatic carbocycles. The number of ether oxygens (including phenoxy) is 1. The lowest BCUT2D eigenvalue weighted by atomic mass is 10.0. The number of benzene rings is 2. The van der Waals surface area contributed by atoms with Crippen LogP contribution in [0.2, 0.25) is 0 Å². The first-order valence-electron chi connectivity index (χ1n) is 7.28. The molecule has 0 saturated heterocycles. The van der Waals surface area contributed by atoms with Gasteiger partial charge in [-0.3, -0.25) is 0 Å². The van der Waals surface area contributed by atoms with Crippen LogP contribution in [-0.2, 0) is 6.42 Å². The van der Waals surface area contributed by atoms with Gasteiger partial charge in [0, 0.05) is 16.9 Å². The molecular formula is C18H20BrNO. The van der Waals surface area contributed by atoms with E-state index in [9.17, 15) is 0 Å². The van der Waals surface area contributed by atoms with Gasteiger partial charge in [0.2, 0.25) is 0 Å². The molecule has 0 radical (unpaired) electrons. The number of halogens is 1. The topological polar surface area (TPSA) is 12.5 Å². The quantitative estimate of drug-likeness (QED) is 0.818. The summed E-state index contributed by atoms with van der Waals surface area (Å²) in [6, 6.07) is 16.8. The summed E-state index contributed by atoms with van der Waals surface area (Å²) >= 11 is 3.47. The smallest absolute Gasteiger partial charge is 0.128 e. The van der Waals surface area contributed by atoms with Crippen molar-refractivity contribution in [3.63, 3.8) is 0 Å². The highest BCUT2D eigenvalue weighted by atomic mass is 79.9. The van der Waals surface area contributed by atoms with E-state index in [1.54, 1.807) is 0 Å². The van der Waals surface area contributed by atoms with E-state index in [1.165, 1.54) is 11.1 Å². The molecule has 0 saturated carbocycles. The van der Waals surface area contributed by atoms with Gasteiger partial charge in [-0.05, 0) is 55.9 Å². The maximum absolute atomic E-state index is 6.32. The van der Waals surface area contributed by atoms with Gasteiger partial charge in [-0.2, -0.15) is 0 Å². The molecule has 3 rings (SSSR count). The number of fused-ring (bicyclic) bond motifs is 1. The predicted octanol–water partition coefficient (Wildman–Crippen LogP) is 4.30. The van der Waals surface area contributed by atoms with Crippen molar-refractivity contribution in [2.24, 2.45) is 5.92 Å². The Hall–Kier alpha value is -1.32. The molecule has 2 nitrogen and oxygen atoms in total. The molecule has 1 aliphatic carbocycles. The van der Waals surface area contributed by atoms with Crippen LogP contribution in [0.25, 0.3) is 0 Å². The first kappa shape index (κ1) is 14.6. The van der Waals surface area contributed by atoms with E-state index in [2.05, 4.69) is 59.2 Å². The van der Waals surface area contributed by atoms with Crippen LogP contribution >= 0.6 is 15.9 Å². The first-order chi connectivity index (χ1) is 10.1. The standard InChI is InChI=1S/C18H20BrNO/c1-20(2)12-14-11-13-5-3-4-6-17(13)18(14)21-16-9-7-15(19)8-10-16/h3-10,14,18H,11-12H2,1-2H3/t14-,18+/m1/s1. The Balaban J connectivity index is 1.86. The Morgan fingerprint density at radius 1 is 1.10 bits per heavy atom. The summed E-state index contributed by atoms with van der Waals surface area (Å²) in [5.41, 5.74) is 2.76. The van der Waals surface area contributed by atoms with E-state index >= 15 is 0 Å². The lowest BCUT2D eigenvalue weighted by Gasteiger charge is -2.24. The third-order valence-corrected chi connectivity index (χ3v) is 4.48. The molecule has 3 heteroatoms. The van der Waals surface area contributed by atoms with Gasteiger partial charge < -0.3 is 9.64 Å². The largest absolute Gasteiger partial charge is 0.485 e. The average molecular weight is 346 g/mol. The maximum Gasteiger partial charge on any atom is 0.128 e. The van der Waals surface area contributed by atoms with Gasteiger partial charge in [-0.1, -0.05) is 40.2 Å². The third kappa shape index (κ3) is 3.30. The SMILES string of the molecule is CN(C)C[C@H]1Cc2ccccc2[C@H]1Oc1ccc(Br)cc1. The van der Waals surface area contributed by atoms with Crippen LogP contribution in [0.5, 0.6) is 5.75 Å². The Labute approximate surface area is 134 Å². The van der Waals surface area contributed by atoms with Crippen molar-refractivity contribution in [1.29, 1.82) is 0 Å². The van der Waals surface area contributed by atoms with E-state index in [0.29, 0.717) is 5.92 Å². The van der Waals surface area contributed by atoms with Crippen molar-refractivity contribution in [2.45, 2.75) is 12.5 Å². The molecule has 0 spiro atoms. The summed E-state index contributed by atoms with van der Waals surface area (Å²) in [5, 5.41) is 0. The van der Waals surface area contributed by atoms with Crippen molar-refractivity contribution in [3.05, 3.63) is 64.1 Å². The second kappa shape index (κ2) is 6.20. The molecule has 0 N–H and O–H groups in total. The van der Waals surface area contributed by atoms with E-state index < -0.39 is 0 Å². The molecule has 0 unspecified atom stereocenters. The molecule has 0 bridgehead atoms. The van der Waals surface area contributed by atoms with E-state index in [1.807, 2.05) is 24.3 Å². The molecule has 21 heavy (non-hydrogen) atoms. The normalized spacial score (nSPS) is 20.6. The third-order valence-electron chi connectivity index (χ3n) is 3.95. The minimum Gasteiger partial charge on any atom is -0.485 e. The summed E-state index contributed by atoms with van der Waals surface area (Å²) in [4.78, 5) is 2.24. The summed E-state index contributed by atoms with van der Waals surface area (Å²) in [6.07, 6.45) is 1.24. The van der Waals surface area contributed by atoms with Gasteiger partial charge in [0.1, 0.15) is 11.9 Å².